The first-order chi connectivity index (χ1) is 14.8. The third-order valence-electron chi connectivity index (χ3n) is 4.72. The Morgan fingerprint density at radius 2 is 1.58 bits per heavy atom. The van der Waals surface area contributed by atoms with Crippen LogP contribution in [0.5, 0.6) is 5.75 Å². The molecule has 1 aliphatic rings. The van der Waals surface area contributed by atoms with E-state index in [9.17, 15) is 14.4 Å². The molecule has 3 amide bonds. The lowest BCUT2D eigenvalue weighted by atomic mass is 10.0. The van der Waals surface area contributed by atoms with Crippen LogP contribution in [0.1, 0.15) is 39.7 Å². The van der Waals surface area contributed by atoms with Crippen LogP contribution in [-0.4, -0.2) is 35.3 Å². The Bertz CT molecular complexity index is 1010. The second-order valence-electron chi connectivity index (χ2n) is 7.58. The Labute approximate surface area is 182 Å². The molecule has 0 saturated heterocycles. The third kappa shape index (κ3) is 4.94. The van der Waals surface area contributed by atoms with Crippen LogP contribution in [0.25, 0.3) is 5.57 Å². The molecule has 0 aliphatic carbocycles. The minimum atomic E-state index is -0.368. The number of carbonyl (C=O) groups is 3. The average Bonchev–Trinajstić information content (AvgIpc) is 2.97. The van der Waals surface area contributed by atoms with Gasteiger partial charge in [0, 0.05) is 24.3 Å². The molecule has 3 rings (SSSR count). The van der Waals surface area contributed by atoms with Gasteiger partial charge in [-0.1, -0.05) is 19.1 Å². The number of anilines is 2. The van der Waals surface area contributed by atoms with Gasteiger partial charge in [-0.3, -0.25) is 19.3 Å². The fraction of sp³-hybridized carbons (Fsp3) is 0.292. The quantitative estimate of drug-likeness (QED) is 0.628. The van der Waals surface area contributed by atoms with E-state index in [0.717, 1.165) is 6.42 Å². The number of nitrogens with one attached hydrogen (secondary N) is 2. The van der Waals surface area contributed by atoms with Crippen LogP contribution < -0.4 is 15.4 Å². The van der Waals surface area contributed by atoms with Crippen molar-refractivity contribution < 1.29 is 19.1 Å². The maximum Gasteiger partial charge on any atom is 0.278 e. The fourth-order valence-electron chi connectivity index (χ4n) is 3.32. The van der Waals surface area contributed by atoms with Crippen LogP contribution >= 0.6 is 0 Å². The van der Waals surface area contributed by atoms with Crippen molar-refractivity contribution in [2.24, 2.45) is 0 Å². The van der Waals surface area contributed by atoms with E-state index in [1.54, 1.807) is 62.4 Å². The van der Waals surface area contributed by atoms with Crippen molar-refractivity contribution in [1.82, 2.24) is 4.90 Å². The standard InChI is InChI=1S/C24H27N3O4/c1-5-14-31-20-12-6-17(7-13-20)21-22(24(30)27(15(2)3)23(21)29)26-19-10-8-18(9-11-19)25-16(4)28/h6-13,15,26H,5,14H2,1-4H3,(H,25,28). The van der Waals surface area contributed by atoms with E-state index >= 15 is 0 Å². The van der Waals surface area contributed by atoms with Crippen molar-refractivity contribution in [2.75, 3.05) is 17.2 Å². The molecule has 0 spiro atoms. The highest BCUT2D eigenvalue weighted by Crippen LogP contribution is 2.32. The van der Waals surface area contributed by atoms with Crippen LogP contribution in [0.3, 0.4) is 0 Å². The van der Waals surface area contributed by atoms with Crippen LogP contribution in [-0.2, 0) is 14.4 Å². The number of benzene rings is 2. The summed E-state index contributed by atoms with van der Waals surface area (Å²) >= 11 is 0. The van der Waals surface area contributed by atoms with Gasteiger partial charge in [-0.25, -0.2) is 0 Å². The summed E-state index contributed by atoms with van der Waals surface area (Å²) in [7, 11) is 0. The SMILES string of the molecule is CCCOc1ccc(C2=C(Nc3ccc(NC(C)=O)cc3)C(=O)N(C(C)C)C2=O)cc1. The summed E-state index contributed by atoms with van der Waals surface area (Å²) in [6.45, 7) is 7.69. The molecular formula is C24H27N3O4. The molecule has 2 aromatic rings. The van der Waals surface area contributed by atoms with E-state index in [1.165, 1.54) is 11.8 Å². The van der Waals surface area contributed by atoms with Crippen LogP contribution in [0.4, 0.5) is 11.4 Å². The van der Waals surface area contributed by atoms with E-state index < -0.39 is 0 Å². The molecule has 7 heteroatoms. The molecule has 1 heterocycles. The number of hydrogen-bond acceptors (Lipinski definition) is 5. The Hall–Kier alpha value is -3.61. The predicted octanol–water partition coefficient (Wildman–Crippen LogP) is 4.03. The first kappa shape index (κ1) is 22.1. The monoisotopic (exact) mass is 421 g/mol. The molecule has 0 fully saturated rings. The van der Waals surface area contributed by atoms with E-state index in [2.05, 4.69) is 10.6 Å². The van der Waals surface area contributed by atoms with Crippen LogP contribution in [0.15, 0.2) is 54.2 Å². The molecule has 1 aliphatic heterocycles. The Morgan fingerprint density at radius 3 is 2.13 bits per heavy atom. The number of ether oxygens (including phenoxy) is 1. The predicted molar refractivity (Wildman–Crippen MR) is 121 cm³/mol. The molecule has 0 atom stereocenters. The molecule has 7 nitrogen and oxygen atoms in total. The molecule has 0 aromatic heterocycles. The highest BCUT2D eigenvalue weighted by Gasteiger charge is 2.40. The maximum absolute atomic E-state index is 13.1. The zero-order valence-corrected chi connectivity index (χ0v) is 18.2. The van der Waals surface area contributed by atoms with Gasteiger partial charge in [-0.2, -0.15) is 0 Å². The lowest BCUT2D eigenvalue weighted by Gasteiger charge is -2.19. The number of amides is 3. The van der Waals surface area contributed by atoms with Gasteiger partial charge in [0.2, 0.25) is 5.91 Å². The Morgan fingerprint density at radius 1 is 0.968 bits per heavy atom. The van der Waals surface area contributed by atoms with E-state index in [0.29, 0.717) is 34.9 Å². The van der Waals surface area contributed by atoms with E-state index in [4.69, 9.17) is 4.74 Å². The summed E-state index contributed by atoms with van der Waals surface area (Å²) in [4.78, 5) is 38.7. The zero-order valence-electron chi connectivity index (χ0n) is 18.2. The molecule has 0 bridgehead atoms. The molecule has 2 aromatic carbocycles. The van der Waals surface area contributed by atoms with Crippen molar-refractivity contribution in [3.8, 4) is 5.75 Å². The number of rotatable bonds is 8. The minimum Gasteiger partial charge on any atom is -0.494 e. The molecular weight excluding hydrogens is 394 g/mol. The van der Waals surface area contributed by atoms with Crippen molar-refractivity contribution in [2.45, 2.75) is 40.2 Å². The van der Waals surface area contributed by atoms with Gasteiger partial charge in [0.15, 0.2) is 0 Å². The number of imide groups is 1. The second kappa shape index (κ2) is 9.47. The first-order valence-corrected chi connectivity index (χ1v) is 10.3. The third-order valence-corrected chi connectivity index (χ3v) is 4.72. The summed E-state index contributed by atoms with van der Waals surface area (Å²) in [5, 5.41) is 5.81. The second-order valence-corrected chi connectivity index (χ2v) is 7.58. The van der Waals surface area contributed by atoms with E-state index in [1.807, 2.05) is 6.92 Å². The minimum absolute atomic E-state index is 0.166. The van der Waals surface area contributed by atoms with Crippen molar-refractivity contribution >= 4 is 34.7 Å². The van der Waals surface area contributed by atoms with Gasteiger partial charge in [0.05, 0.1) is 12.2 Å². The van der Waals surface area contributed by atoms with Gasteiger partial charge in [-0.05, 0) is 62.2 Å². The summed E-state index contributed by atoms with van der Waals surface area (Å²) in [6.07, 6.45) is 0.901. The van der Waals surface area contributed by atoms with Crippen molar-refractivity contribution in [3.63, 3.8) is 0 Å². The van der Waals surface area contributed by atoms with Gasteiger partial charge in [0.25, 0.3) is 11.8 Å². The van der Waals surface area contributed by atoms with Gasteiger partial charge >= 0.3 is 0 Å². The average molecular weight is 421 g/mol. The topological polar surface area (TPSA) is 87.7 Å². The maximum atomic E-state index is 13.1. The lowest BCUT2D eigenvalue weighted by molar-refractivity contribution is -0.138. The molecule has 2 N–H and O–H groups in total. The van der Waals surface area contributed by atoms with Crippen molar-refractivity contribution in [1.29, 1.82) is 0 Å². The highest BCUT2D eigenvalue weighted by atomic mass is 16.5. The van der Waals surface area contributed by atoms with Gasteiger partial charge < -0.3 is 15.4 Å². The molecule has 31 heavy (non-hydrogen) atoms. The summed E-state index contributed by atoms with van der Waals surface area (Å²) in [5.41, 5.74) is 2.48. The molecule has 162 valence electrons. The number of carbonyl (C=O) groups excluding carboxylic acids is 3. The normalized spacial score (nSPS) is 13.8. The zero-order chi connectivity index (χ0) is 22.5. The van der Waals surface area contributed by atoms with Gasteiger partial charge in [0.1, 0.15) is 11.4 Å². The van der Waals surface area contributed by atoms with E-state index in [-0.39, 0.29) is 29.5 Å². The smallest absolute Gasteiger partial charge is 0.278 e. The van der Waals surface area contributed by atoms with Gasteiger partial charge in [-0.15, -0.1) is 0 Å². The number of nitrogens with zero attached hydrogens (tertiary/aromatic N) is 1. The summed E-state index contributed by atoms with van der Waals surface area (Å²) in [6, 6.07) is 13.8. The summed E-state index contributed by atoms with van der Waals surface area (Å²) < 4.78 is 5.62. The summed E-state index contributed by atoms with van der Waals surface area (Å²) in [5.74, 6) is -0.153. The van der Waals surface area contributed by atoms with Crippen LogP contribution in [0, 0.1) is 0 Å². The largest absolute Gasteiger partial charge is 0.494 e. The first-order valence-electron chi connectivity index (χ1n) is 10.3. The van der Waals surface area contributed by atoms with Crippen molar-refractivity contribution in [3.05, 3.63) is 59.8 Å². The Kier molecular flexibility index (Phi) is 6.74. The Balaban J connectivity index is 1.95. The molecule has 0 unspecified atom stereocenters. The van der Waals surface area contributed by atoms with Crippen LogP contribution in [0.2, 0.25) is 0 Å². The fourth-order valence-corrected chi connectivity index (χ4v) is 3.32. The molecule has 0 radical (unpaired) electrons. The molecule has 0 saturated carbocycles. The highest BCUT2D eigenvalue weighted by molar-refractivity contribution is 6.36. The lowest BCUT2D eigenvalue weighted by Crippen LogP contribution is -2.38. The number of hydrogen-bond donors (Lipinski definition) is 2.